The fraction of sp³-hybridized carbons (Fsp3) is 0.462. The van der Waals surface area contributed by atoms with Crippen molar-refractivity contribution in [2.24, 2.45) is 5.92 Å². The maximum absolute atomic E-state index is 12.8. The highest BCUT2D eigenvalue weighted by Crippen LogP contribution is 2.18. The van der Waals surface area contributed by atoms with Gasteiger partial charge in [0.25, 0.3) is 5.91 Å². The number of piperazine rings is 1. The molecule has 178 valence electrons. The molecule has 0 bridgehead atoms. The van der Waals surface area contributed by atoms with Gasteiger partial charge in [0, 0.05) is 38.4 Å². The lowest BCUT2D eigenvalue weighted by Gasteiger charge is -2.36. The molecule has 2 N–H and O–H groups in total. The fourth-order valence-electron chi connectivity index (χ4n) is 4.08. The number of anilines is 1. The van der Waals surface area contributed by atoms with Crippen LogP contribution in [-0.2, 0) is 4.79 Å². The summed E-state index contributed by atoms with van der Waals surface area (Å²) in [5, 5.41) is 5.87. The Bertz CT molecular complexity index is 895. The first-order valence-corrected chi connectivity index (χ1v) is 11.7. The largest absolute Gasteiger partial charge is 0.496 e. The van der Waals surface area contributed by atoms with Gasteiger partial charge in [0.15, 0.2) is 0 Å². The second-order valence-corrected chi connectivity index (χ2v) is 8.70. The molecule has 1 aliphatic heterocycles. The predicted molar refractivity (Wildman–Crippen MR) is 132 cm³/mol. The number of hydrogen-bond acceptors (Lipinski definition) is 5. The second-order valence-electron chi connectivity index (χ2n) is 8.70. The Morgan fingerprint density at radius 3 is 2.30 bits per heavy atom. The number of carbonyl (C=O) groups is 2. The normalized spacial score (nSPS) is 15.2. The minimum absolute atomic E-state index is 0.0327. The molecule has 0 aromatic heterocycles. The van der Waals surface area contributed by atoms with E-state index in [-0.39, 0.29) is 17.7 Å². The van der Waals surface area contributed by atoms with E-state index in [1.54, 1.807) is 18.2 Å². The van der Waals surface area contributed by atoms with Gasteiger partial charge in [0.05, 0.1) is 12.7 Å². The number of nitrogens with one attached hydrogen (secondary N) is 2. The summed E-state index contributed by atoms with van der Waals surface area (Å²) in [5.74, 6) is -0.000251. The molecule has 0 spiro atoms. The number of nitrogens with zero attached hydrogens (tertiary/aromatic N) is 2. The van der Waals surface area contributed by atoms with Gasteiger partial charge in [-0.25, -0.2) is 0 Å². The van der Waals surface area contributed by atoms with E-state index in [2.05, 4.69) is 44.7 Å². The summed E-state index contributed by atoms with van der Waals surface area (Å²) in [5.41, 5.74) is 1.70. The molecule has 33 heavy (non-hydrogen) atoms. The summed E-state index contributed by atoms with van der Waals surface area (Å²) in [6.45, 7) is 9.46. The van der Waals surface area contributed by atoms with Crippen LogP contribution in [0.3, 0.4) is 0 Å². The van der Waals surface area contributed by atoms with E-state index in [1.165, 1.54) is 12.8 Å². The van der Waals surface area contributed by atoms with Gasteiger partial charge in [0.2, 0.25) is 5.91 Å². The molecule has 2 amide bonds. The summed E-state index contributed by atoms with van der Waals surface area (Å²) in [6, 6.07) is 16.9. The molecular formula is C26H36N4O3. The fourth-order valence-corrected chi connectivity index (χ4v) is 4.08. The molecule has 0 saturated carbocycles. The van der Waals surface area contributed by atoms with E-state index < -0.39 is 6.04 Å². The molecule has 1 atom stereocenters. The Kier molecular flexibility index (Phi) is 9.13. The van der Waals surface area contributed by atoms with Crippen molar-refractivity contribution in [1.82, 2.24) is 15.5 Å². The van der Waals surface area contributed by atoms with E-state index in [1.807, 2.05) is 26.0 Å². The Balaban J connectivity index is 1.41. The topological polar surface area (TPSA) is 73.9 Å². The predicted octanol–water partition coefficient (Wildman–Crippen LogP) is 2.78. The van der Waals surface area contributed by atoms with Gasteiger partial charge in [-0.05, 0) is 43.1 Å². The molecule has 7 nitrogen and oxygen atoms in total. The van der Waals surface area contributed by atoms with Crippen LogP contribution in [0.15, 0.2) is 54.6 Å². The average Bonchev–Trinajstić information content (AvgIpc) is 2.85. The number of rotatable bonds is 10. The van der Waals surface area contributed by atoms with E-state index >= 15 is 0 Å². The van der Waals surface area contributed by atoms with Crippen molar-refractivity contribution < 1.29 is 14.3 Å². The summed E-state index contributed by atoms with van der Waals surface area (Å²) < 4.78 is 5.27. The quantitative estimate of drug-likeness (QED) is 0.543. The lowest BCUT2D eigenvalue weighted by Crippen LogP contribution is -2.50. The first kappa shape index (κ1) is 24.6. The Hall–Kier alpha value is -3.06. The van der Waals surface area contributed by atoms with Gasteiger partial charge >= 0.3 is 0 Å². The van der Waals surface area contributed by atoms with Crippen LogP contribution in [0.4, 0.5) is 5.69 Å². The summed E-state index contributed by atoms with van der Waals surface area (Å²) in [6.07, 6.45) is 0.877. The van der Waals surface area contributed by atoms with Gasteiger partial charge in [0.1, 0.15) is 11.8 Å². The molecule has 1 heterocycles. The standard InChI is InChI=1S/C26H36N4O3/c1-20(2)24(28-25(31)22-12-7-8-13-23(22)33-3)26(32)27-14-9-15-29-16-18-30(19-17-29)21-10-5-4-6-11-21/h4-8,10-13,20,24H,9,14-19H2,1-3H3,(H,27,32)(H,28,31). The number of carbonyl (C=O) groups excluding carboxylic acids is 2. The minimum Gasteiger partial charge on any atom is -0.496 e. The Labute approximate surface area is 197 Å². The average molecular weight is 453 g/mol. The van der Waals surface area contributed by atoms with E-state index in [0.29, 0.717) is 17.9 Å². The monoisotopic (exact) mass is 452 g/mol. The van der Waals surface area contributed by atoms with Crippen molar-refractivity contribution in [3.8, 4) is 5.75 Å². The maximum atomic E-state index is 12.8. The smallest absolute Gasteiger partial charge is 0.255 e. The van der Waals surface area contributed by atoms with Crippen LogP contribution in [0.1, 0.15) is 30.6 Å². The van der Waals surface area contributed by atoms with Crippen molar-refractivity contribution in [3.05, 3.63) is 60.2 Å². The van der Waals surface area contributed by atoms with E-state index in [4.69, 9.17) is 4.74 Å². The molecule has 1 saturated heterocycles. The van der Waals surface area contributed by atoms with Crippen LogP contribution >= 0.6 is 0 Å². The number of amides is 2. The third-order valence-electron chi connectivity index (χ3n) is 6.03. The maximum Gasteiger partial charge on any atom is 0.255 e. The molecule has 1 aliphatic rings. The number of methoxy groups -OCH3 is 1. The Morgan fingerprint density at radius 1 is 0.970 bits per heavy atom. The molecule has 1 fully saturated rings. The summed E-state index contributed by atoms with van der Waals surface area (Å²) in [7, 11) is 1.53. The van der Waals surface area contributed by atoms with Crippen LogP contribution in [0, 0.1) is 5.92 Å². The zero-order valence-electron chi connectivity index (χ0n) is 19.9. The van der Waals surface area contributed by atoms with Crippen molar-refractivity contribution in [2.75, 3.05) is 51.3 Å². The molecule has 7 heteroatoms. The van der Waals surface area contributed by atoms with Crippen LogP contribution in [-0.4, -0.2) is 69.1 Å². The summed E-state index contributed by atoms with van der Waals surface area (Å²) >= 11 is 0. The molecule has 0 radical (unpaired) electrons. The number of benzene rings is 2. The highest BCUT2D eigenvalue weighted by atomic mass is 16.5. The highest BCUT2D eigenvalue weighted by molar-refractivity contribution is 5.99. The minimum atomic E-state index is -0.600. The second kappa shape index (κ2) is 12.3. The molecule has 2 aromatic rings. The zero-order chi connectivity index (χ0) is 23.6. The van der Waals surface area contributed by atoms with Gasteiger partial charge in [-0.15, -0.1) is 0 Å². The van der Waals surface area contributed by atoms with Crippen molar-refractivity contribution in [2.45, 2.75) is 26.3 Å². The molecule has 1 unspecified atom stereocenters. The van der Waals surface area contributed by atoms with Crippen LogP contribution in [0.2, 0.25) is 0 Å². The molecular weight excluding hydrogens is 416 g/mol. The molecule has 3 rings (SSSR count). The number of para-hydroxylation sites is 2. The van der Waals surface area contributed by atoms with Crippen LogP contribution in [0.25, 0.3) is 0 Å². The summed E-state index contributed by atoms with van der Waals surface area (Å²) in [4.78, 5) is 30.4. The number of hydrogen-bond donors (Lipinski definition) is 2. The van der Waals surface area contributed by atoms with Gasteiger partial charge in [-0.3, -0.25) is 14.5 Å². The van der Waals surface area contributed by atoms with Crippen molar-refractivity contribution in [1.29, 1.82) is 0 Å². The van der Waals surface area contributed by atoms with Crippen molar-refractivity contribution in [3.63, 3.8) is 0 Å². The van der Waals surface area contributed by atoms with Gasteiger partial charge in [-0.1, -0.05) is 44.2 Å². The third-order valence-corrected chi connectivity index (χ3v) is 6.03. The van der Waals surface area contributed by atoms with E-state index in [0.717, 1.165) is 39.1 Å². The lowest BCUT2D eigenvalue weighted by atomic mass is 10.0. The number of ether oxygens (including phenoxy) is 1. The van der Waals surface area contributed by atoms with Gasteiger partial charge in [-0.2, -0.15) is 0 Å². The lowest BCUT2D eigenvalue weighted by molar-refractivity contribution is -0.123. The first-order valence-electron chi connectivity index (χ1n) is 11.7. The van der Waals surface area contributed by atoms with E-state index in [9.17, 15) is 9.59 Å². The third kappa shape index (κ3) is 6.96. The SMILES string of the molecule is COc1ccccc1C(=O)NC(C(=O)NCCCN1CCN(c2ccccc2)CC1)C(C)C. The van der Waals surface area contributed by atoms with Crippen LogP contribution < -0.4 is 20.3 Å². The van der Waals surface area contributed by atoms with Crippen LogP contribution in [0.5, 0.6) is 5.75 Å². The molecule has 0 aliphatic carbocycles. The first-order chi connectivity index (χ1) is 16.0. The van der Waals surface area contributed by atoms with Crippen molar-refractivity contribution >= 4 is 17.5 Å². The Morgan fingerprint density at radius 2 is 1.64 bits per heavy atom. The highest BCUT2D eigenvalue weighted by Gasteiger charge is 2.25. The molecule has 2 aromatic carbocycles. The zero-order valence-corrected chi connectivity index (χ0v) is 19.9. The van der Waals surface area contributed by atoms with Gasteiger partial charge < -0.3 is 20.3 Å².